The summed E-state index contributed by atoms with van der Waals surface area (Å²) in [7, 11) is 5.62. The maximum Gasteiger partial charge on any atom is 0.316 e. The molecule has 2 rings (SSSR count). The SMILES string of the molecule is COC(=O)C1C(O)C2C(OC)C(OC)OC12OC. The Morgan fingerprint density at radius 2 is 1.89 bits per heavy atom. The largest absolute Gasteiger partial charge is 0.469 e. The van der Waals surface area contributed by atoms with Crippen LogP contribution in [0.2, 0.25) is 0 Å². The Morgan fingerprint density at radius 3 is 2.33 bits per heavy atom. The Kier molecular flexibility index (Phi) is 3.61. The Bertz CT molecular complexity index is 333. The molecule has 7 nitrogen and oxygen atoms in total. The average Bonchev–Trinajstić information content (AvgIpc) is 2.68. The second-order valence-electron chi connectivity index (χ2n) is 4.36. The van der Waals surface area contributed by atoms with Gasteiger partial charge < -0.3 is 28.8 Å². The first-order chi connectivity index (χ1) is 8.57. The molecule has 0 radical (unpaired) electrons. The van der Waals surface area contributed by atoms with Crippen LogP contribution < -0.4 is 0 Å². The fourth-order valence-electron chi connectivity index (χ4n) is 2.95. The second kappa shape index (κ2) is 4.75. The van der Waals surface area contributed by atoms with Crippen LogP contribution in [-0.2, 0) is 28.5 Å². The predicted octanol–water partition coefficient (Wildman–Crippen LogP) is -0.873. The molecule has 2 fully saturated rings. The summed E-state index contributed by atoms with van der Waals surface area (Å²) in [5, 5.41) is 10.1. The molecule has 0 aromatic heterocycles. The molecule has 0 aromatic carbocycles. The Labute approximate surface area is 105 Å². The number of methoxy groups -OCH3 is 4. The minimum Gasteiger partial charge on any atom is -0.469 e. The van der Waals surface area contributed by atoms with Crippen LogP contribution in [0.15, 0.2) is 0 Å². The minimum atomic E-state index is -1.24. The van der Waals surface area contributed by atoms with Gasteiger partial charge in [-0.2, -0.15) is 0 Å². The highest BCUT2D eigenvalue weighted by Gasteiger charge is 2.75. The van der Waals surface area contributed by atoms with Crippen molar-refractivity contribution in [2.75, 3.05) is 28.4 Å². The molecule has 18 heavy (non-hydrogen) atoms. The molecule has 7 heteroatoms. The number of carbonyl (C=O) groups is 1. The standard InChI is InChI=1S/C11H18O7/c1-14-8-5-7(12)6(9(13)15-2)11(5,17-4)18-10(8)16-3/h5-8,10,12H,1-4H3. The summed E-state index contributed by atoms with van der Waals surface area (Å²) in [5.41, 5.74) is 0. The van der Waals surface area contributed by atoms with Crippen LogP contribution in [0.25, 0.3) is 0 Å². The van der Waals surface area contributed by atoms with Gasteiger partial charge in [0.25, 0.3) is 0 Å². The van der Waals surface area contributed by atoms with E-state index in [-0.39, 0.29) is 0 Å². The molecule has 0 amide bonds. The summed E-state index contributed by atoms with van der Waals surface area (Å²) >= 11 is 0. The highest BCUT2D eigenvalue weighted by Crippen LogP contribution is 2.56. The third kappa shape index (κ3) is 1.52. The van der Waals surface area contributed by atoms with Gasteiger partial charge in [0.2, 0.25) is 0 Å². The van der Waals surface area contributed by atoms with Crippen molar-refractivity contribution in [3.63, 3.8) is 0 Å². The van der Waals surface area contributed by atoms with Gasteiger partial charge in [-0.25, -0.2) is 0 Å². The van der Waals surface area contributed by atoms with Gasteiger partial charge in [0.15, 0.2) is 12.1 Å². The van der Waals surface area contributed by atoms with Crippen LogP contribution in [0.4, 0.5) is 0 Å². The zero-order valence-corrected chi connectivity index (χ0v) is 10.8. The van der Waals surface area contributed by atoms with Gasteiger partial charge in [0, 0.05) is 21.3 Å². The summed E-state index contributed by atoms with van der Waals surface area (Å²) in [5.74, 6) is -3.20. The van der Waals surface area contributed by atoms with E-state index < -0.39 is 42.1 Å². The van der Waals surface area contributed by atoms with Gasteiger partial charge in [-0.3, -0.25) is 4.79 Å². The number of aliphatic hydroxyl groups is 1. The maximum atomic E-state index is 11.7. The predicted molar refractivity (Wildman–Crippen MR) is 57.4 cm³/mol. The fourth-order valence-corrected chi connectivity index (χ4v) is 2.95. The van der Waals surface area contributed by atoms with Gasteiger partial charge in [-0.05, 0) is 0 Å². The fraction of sp³-hybridized carbons (Fsp3) is 0.909. The van der Waals surface area contributed by atoms with Crippen LogP contribution in [0, 0.1) is 11.8 Å². The lowest BCUT2D eigenvalue weighted by Gasteiger charge is -2.51. The summed E-state index contributed by atoms with van der Waals surface area (Å²) in [6.45, 7) is 0. The topological polar surface area (TPSA) is 83.5 Å². The normalized spacial score (nSPS) is 46.4. The molecular weight excluding hydrogens is 244 g/mol. The number of esters is 1. The molecule has 2 aliphatic rings. The quantitative estimate of drug-likeness (QED) is 0.659. The molecule has 1 saturated heterocycles. The molecule has 1 aliphatic carbocycles. The summed E-state index contributed by atoms with van der Waals surface area (Å²) in [6, 6.07) is 0. The Hall–Kier alpha value is -0.730. The van der Waals surface area contributed by atoms with E-state index in [1.807, 2.05) is 0 Å². The molecule has 1 aliphatic heterocycles. The van der Waals surface area contributed by atoms with E-state index >= 15 is 0 Å². The molecule has 6 unspecified atom stereocenters. The molecule has 1 saturated carbocycles. The lowest BCUT2D eigenvalue weighted by molar-refractivity contribution is -0.352. The average molecular weight is 262 g/mol. The lowest BCUT2D eigenvalue weighted by Crippen LogP contribution is -2.69. The van der Waals surface area contributed by atoms with E-state index in [1.165, 1.54) is 28.4 Å². The zero-order valence-electron chi connectivity index (χ0n) is 10.8. The number of hydrogen-bond acceptors (Lipinski definition) is 7. The van der Waals surface area contributed by atoms with Crippen molar-refractivity contribution in [2.45, 2.75) is 24.3 Å². The van der Waals surface area contributed by atoms with Crippen LogP contribution in [0.5, 0.6) is 0 Å². The van der Waals surface area contributed by atoms with Gasteiger partial charge in [0.05, 0.1) is 19.1 Å². The van der Waals surface area contributed by atoms with Crippen LogP contribution in [-0.4, -0.2) is 63.8 Å². The van der Waals surface area contributed by atoms with E-state index in [2.05, 4.69) is 4.74 Å². The van der Waals surface area contributed by atoms with Crippen molar-refractivity contribution in [3.8, 4) is 0 Å². The van der Waals surface area contributed by atoms with E-state index in [0.29, 0.717) is 0 Å². The van der Waals surface area contributed by atoms with E-state index in [9.17, 15) is 9.90 Å². The summed E-state index contributed by atoms with van der Waals surface area (Å²) in [6.07, 6.45) is -2.13. The summed E-state index contributed by atoms with van der Waals surface area (Å²) < 4.78 is 26.0. The number of fused-ring (bicyclic) bond motifs is 1. The monoisotopic (exact) mass is 262 g/mol. The van der Waals surface area contributed by atoms with Crippen molar-refractivity contribution < 1.29 is 33.6 Å². The zero-order chi connectivity index (χ0) is 13.5. The molecule has 6 atom stereocenters. The molecule has 0 spiro atoms. The van der Waals surface area contributed by atoms with Crippen molar-refractivity contribution in [1.29, 1.82) is 0 Å². The number of carbonyl (C=O) groups excluding carboxylic acids is 1. The van der Waals surface area contributed by atoms with Crippen LogP contribution in [0.3, 0.4) is 0 Å². The van der Waals surface area contributed by atoms with Crippen molar-refractivity contribution in [2.24, 2.45) is 11.8 Å². The van der Waals surface area contributed by atoms with Crippen molar-refractivity contribution in [3.05, 3.63) is 0 Å². The highest BCUT2D eigenvalue weighted by atomic mass is 16.8. The Balaban J connectivity index is 2.30. The lowest BCUT2D eigenvalue weighted by atomic mass is 9.64. The number of aliphatic hydroxyl groups excluding tert-OH is 1. The first kappa shape index (κ1) is 13.7. The van der Waals surface area contributed by atoms with Crippen LogP contribution in [0.1, 0.15) is 0 Å². The van der Waals surface area contributed by atoms with E-state index in [1.54, 1.807) is 0 Å². The molecule has 1 heterocycles. The first-order valence-electron chi connectivity index (χ1n) is 5.61. The van der Waals surface area contributed by atoms with Crippen molar-refractivity contribution in [1.82, 2.24) is 0 Å². The molecule has 104 valence electrons. The van der Waals surface area contributed by atoms with E-state index in [4.69, 9.17) is 18.9 Å². The van der Waals surface area contributed by atoms with Gasteiger partial charge in [-0.1, -0.05) is 0 Å². The molecular formula is C11H18O7. The number of hydrogen-bond donors (Lipinski definition) is 1. The van der Waals surface area contributed by atoms with E-state index in [0.717, 1.165) is 0 Å². The van der Waals surface area contributed by atoms with Gasteiger partial charge >= 0.3 is 5.97 Å². The number of rotatable bonds is 4. The summed E-state index contributed by atoms with van der Waals surface area (Å²) in [4.78, 5) is 11.7. The van der Waals surface area contributed by atoms with Crippen LogP contribution >= 0.6 is 0 Å². The van der Waals surface area contributed by atoms with Gasteiger partial charge in [-0.15, -0.1) is 0 Å². The third-order valence-corrected chi connectivity index (χ3v) is 3.81. The molecule has 0 aromatic rings. The van der Waals surface area contributed by atoms with Crippen molar-refractivity contribution >= 4 is 5.97 Å². The highest BCUT2D eigenvalue weighted by molar-refractivity contribution is 5.76. The third-order valence-electron chi connectivity index (χ3n) is 3.81. The Morgan fingerprint density at radius 1 is 1.22 bits per heavy atom. The molecule has 1 N–H and O–H groups in total. The first-order valence-corrected chi connectivity index (χ1v) is 5.61. The number of ether oxygens (including phenoxy) is 5. The smallest absolute Gasteiger partial charge is 0.316 e. The minimum absolute atomic E-state index is 0.485. The maximum absolute atomic E-state index is 11.7. The van der Waals surface area contributed by atoms with Gasteiger partial charge in [0.1, 0.15) is 12.0 Å². The second-order valence-corrected chi connectivity index (χ2v) is 4.36. The molecule has 0 bridgehead atoms.